The van der Waals surface area contributed by atoms with E-state index in [0.717, 1.165) is 23.9 Å². The van der Waals surface area contributed by atoms with E-state index in [-0.39, 0.29) is 34.3 Å². The molecule has 8 nitrogen and oxygen atoms in total. The van der Waals surface area contributed by atoms with Crippen LogP contribution in [0.5, 0.6) is 5.75 Å². The van der Waals surface area contributed by atoms with Gasteiger partial charge in [0.25, 0.3) is 0 Å². The topological polar surface area (TPSA) is 110 Å². The molecule has 0 unspecified atom stereocenters. The minimum Gasteiger partial charge on any atom is -0.462 e. The number of aromatic nitrogens is 2. The van der Waals surface area contributed by atoms with Crippen LogP contribution in [0.15, 0.2) is 34.1 Å². The molecule has 2 N–H and O–H groups in total. The maximum absolute atomic E-state index is 12.2. The lowest BCUT2D eigenvalue weighted by Gasteiger charge is -2.11. The highest BCUT2D eigenvalue weighted by Gasteiger charge is 2.31. The van der Waals surface area contributed by atoms with Crippen LogP contribution >= 0.6 is 11.8 Å². The Hall–Kier alpha value is -3.02. The summed E-state index contributed by atoms with van der Waals surface area (Å²) in [6, 6.07) is 4.58. The number of carbonyl (C=O) groups is 2. The van der Waals surface area contributed by atoms with Crippen molar-refractivity contribution in [1.29, 1.82) is 0 Å². The summed E-state index contributed by atoms with van der Waals surface area (Å²) in [5, 5.41) is 2.51. The highest BCUT2D eigenvalue weighted by Crippen LogP contribution is 2.25. The second-order valence-electron chi connectivity index (χ2n) is 5.48. The average molecular weight is 431 g/mol. The zero-order valence-electron chi connectivity index (χ0n) is 15.3. The SMILES string of the molecule is CCOC(=O)c1c(SCC(=O)Nc2ccc(OC(F)(F)F)cc2)nc(=O)[nH]c1C. The number of halogens is 3. The second-order valence-corrected chi connectivity index (χ2v) is 6.44. The summed E-state index contributed by atoms with van der Waals surface area (Å²) >= 11 is 0.851. The molecule has 2 rings (SSSR count). The predicted octanol–water partition coefficient (Wildman–Crippen LogP) is 2.88. The van der Waals surface area contributed by atoms with Crippen molar-refractivity contribution in [3.05, 3.63) is 46.0 Å². The summed E-state index contributed by atoms with van der Waals surface area (Å²) in [6.45, 7) is 3.25. The molecule has 1 aromatic heterocycles. The number of amides is 1. The van der Waals surface area contributed by atoms with E-state index in [0.29, 0.717) is 0 Å². The van der Waals surface area contributed by atoms with E-state index in [1.54, 1.807) is 6.92 Å². The fourth-order valence-electron chi connectivity index (χ4n) is 2.18. The van der Waals surface area contributed by atoms with Gasteiger partial charge in [0.1, 0.15) is 16.3 Å². The highest BCUT2D eigenvalue weighted by atomic mass is 32.2. The number of nitrogens with one attached hydrogen (secondary N) is 2. The quantitative estimate of drug-likeness (QED) is 0.394. The largest absolute Gasteiger partial charge is 0.573 e. The number of anilines is 1. The first-order chi connectivity index (χ1) is 13.6. The molecule has 12 heteroatoms. The predicted molar refractivity (Wildman–Crippen MR) is 98.0 cm³/mol. The Morgan fingerprint density at radius 3 is 2.48 bits per heavy atom. The average Bonchev–Trinajstić information content (AvgIpc) is 2.60. The second kappa shape index (κ2) is 9.45. The van der Waals surface area contributed by atoms with Crippen molar-refractivity contribution in [2.24, 2.45) is 0 Å². The van der Waals surface area contributed by atoms with Crippen molar-refractivity contribution in [2.75, 3.05) is 17.7 Å². The number of carbonyl (C=O) groups excluding carboxylic acids is 2. The van der Waals surface area contributed by atoms with E-state index in [1.165, 1.54) is 19.1 Å². The fraction of sp³-hybridized carbons (Fsp3) is 0.294. The molecule has 0 aliphatic heterocycles. The number of thioether (sulfide) groups is 1. The highest BCUT2D eigenvalue weighted by molar-refractivity contribution is 8.00. The number of rotatable bonds is 7. The summed E-state index contributed by atoms with van der Waals surface area (Å²) in [4.78, 5) is 41.9. The van der Waals surface area contributed by atoms with Crippen molar-refractivity contribution in [1.82, 2.24) is 9.97 Å². The number of alkyl halides is 3. The molecule has 0 spiro atoms. The van der Waals surface area contributed by atoms with Gasteiger partial charge < -0.3 is 19.8 Å². The zero-order valence-corrected chi connectivity index (χ0v) is 16.1. The number of ether oxygens (including phenoxy) is 2. The minimum absolute atomic E-state index is 0.0359. The number of hydrogen-bond acceptors (Lipinski definition) is 7. The van der Waals surface area contributed by atoms with Crippen molar-refractivity contribution < 1.29 is 32.2 Å². The third-order valence-electron chi connectivity index (χ3n) is 3.28. The van der Waals surface area contributed by atoms with Gasteiger partial charge in [-0.1, -0.05) is 11.8 Å². The number of hydrogen-bond donors (Lipinski definition) is 2. The monoisotopic (exact) mass is 431 g/mol. The number of H-pyrrole nitrogens is 1. The van der Waals surface area contributed by atoms with Gasteiger partial charge in [0, 0.05) is 11.4 Å². The molecule has 0 fully saturated rings. The van der Waals surface area contributed by atoms with E-state index < -0.39 is 29.7 Å². The number of nitrogens with zero attached hydrogens (tertiary/aromatic N) is 1. The summed E-state index contributed by atoms with van der Waals surface area (Å²) < 4.78 is 45.1. The van der Waals surface area contributed by atoms with E-state index in [9.17, 15) is 27.6 Å². The molecule has 0 aliphatic carbocycles. The molecule has 1 amide bonds. The molecule has 2 aromatic rings. The summed E-state index contributed by atoms with van der Waals surface area (Å²) in [5.74, 6) is -1.83. The van der Waals surface area contributed by atoms with Crippen LogP contribution in [0, 0.1) is 6.92 Å². The van der Waals surface area contributed by atoms with Crippen molar-refractivity contribution >= 4 is 29.3 Å². The Morgan fingerprint density at radius 2 is 1.90 bits per heavy atom. The maximum Gasteiger partial charge on any atom is 0.573 e. The molecule has 0 bridgehead atoms. The van der Waals surface area contributed by atoms with Gasteiger partial charge >= 0.3 is 18.0 Å². The first-order valence-corrected chi connectivity index (χ1v) is 9.14. The first kappa shape index (κ1) is 22.3. The number of aryl methyl sites for hydroxylation is 1. The Balaban J connectivity index is 2.04. The Morgan fingerprint density at radius 1 is 1.24 bits per heavy atom. The van der Waals surface area contributed by atoms with Gasteiger partial charge in [-0.2, -0.15) is 4.98 Å². The van der Waals surface area contributed by atoms with Crippen LogP contribution in [0.2, 0.25) is 0 Å². The number of aromatic amines is 1. The van der Waals surface area contributed by atoms with Crippen molar-refractivity contribution in [2.45, 2.75) is 25.2 Å². The normalized spacial score (nSPS) is 11.1. The molecule has 1 aromatic carbocycles. The molecule has 0 saturated heterocycles. The Kier molecular flexibility index (Phi) is 7.26. The molecular weight excluding hydrogens is 415 g/mol. The van der Waals surface area contributed by atoms with Gasteiger partial charge in [0.15, 0.2) is 0 Å². The van der Waals surface area contributed by atoms with Gasteiger partial charge in [-0.05, 0) is 38.1 Å². The van der Waals surface area contributed by atoms with E-state index >= 15 is 0 Å². The van der Waals surface area contributed by atoms with Crippen LogP contribution < -0.4 is 15.7 Å². The molecule has 156 valence electrons. The third kappa shape index (κ3) is 6.82. The molecule has 1 heterocycles. The lowest BCUT2D eigenvalue weighted by atomic mass is 10.2. The zero-order chi connectivity index (χ0) is 21.6. The minimum atomic E-state index is -4.81. The Bertz CT molecular complexity index is 945. The van der Waals surface area contributed by atoms with Crippen LogP contribution in [-0.2, 0) is 9.53 Å². The van der Waals surface area contributed by atoms with Crippen LogP contribution in [0.25, 0.3) is 0 Å². The Labute approximate surface area is 166 Å². The number of benzene rings is 1. The van der Waals surface area contributed by atoms with Crippen LogP contribution in [0.1, 0.15) is 23.0 Å². The van der Waals surface area contributed by atoms with Gasteiger partial charge in [-0.25, -0.2) is 9.59 Å². The smallest absolute Gasteiger partial charge is 0.462 e. The van der Waals surface area contributed by atoms with Crippen molar-refractivity contribution in [3.8, 4) is 5.75 Å². The van der Waals surface area contributed by atoms with Crippen LogP contribution in [-0.4, -0.2) is 40.6 Å². The van der Waals surface area contributed by atoms with E-state index in [4.69, 9.17) is 4.74 Å². The maximum atomic E-state index is 12.2. The van der Waals surface area contributed by atoms with E-state index in [2.05, 4.69) is 20.0 Å². The molecule has 0 aliphatic rings. The summed E-state index contributed by atoms with van der Waals surface area (Å²) in [6.07, 6.45) is -4.81. The van der Waals surface area contributed by atoms with Gasteiger partial charge in [0.05, 0.1) is 12.4 Å². The van der Waals surface area contributed by atoms with Gasteiger partial charge in [-0.15, -0.1) is 13.2 Å². The van der Waals surface area contributed by atoms with Crippen LogP contribution in [0.4, 0.5) is 18.9 Å². The summed E-state index contributed by atoms with van der Waals surface area (Å²) in [7, 11) is 0. The lowest BCUT2D eigenvalue weighted by molar-refractivity contribution is -0.274. The fourth-order valence-corrected chi connectivity index (χ4v) is 3.05. The van der Waals surface area contributed by atoms with Gasteiger partial charge in [-0.3, -0.25) is 4.79 Å². The molecular formula is C17H16F3N3O5S. The molecule has 29 heavy (non-hydrogen) atoms. The third-order valence-corrected chi connectivity index (χ3v) is 4.25. The standard InChI is InChI=1S/C17H16F3N3O5S/c1-3-27-15(25)13-9(2)21-16(26)23-14(13)29-8-12(24)22-10-4-6-11(7-5-10)28-17(18,19)20/h4-7H,3,8H2,1-2H3,(H,22,24)(H,21,23,26). The lowest BCUT2D eigenvalue weighted by Crippen LogP contribution is -2.21. The molecule has 0 radical (unpaired) electrons. The number of esters is 1. The first-order valence-electron chi connectivity index (χ1n) is 8.15. The van der Waals surface area contributed by atoms with Crippen molar-refractivity contribution in [3.63, 3.8) is 0 Å². The van der Waals surface area contributed by atoms with Gasteiger partial charge in [0.2, 0.25) is 5.91 Å². The van der Waals surface area contributed by atoms with E-state index in [1.807, 2.05) is 0 Å². The van der Waals surface area contributed by atoms with Crippen LogP contribution in [0.3, 0.4) is 0 Å². The summed E-state index contributed by atoms with van der Waals surface area (Å²) in [5.41, 5.74) is -0.131. The molecule has 0 saturated carbocycles. The molecule has 0 atom stereocenters.